The Hall–Kier alpha value is -2.91. The van der Waals surface area contributed by atoms with Crippen LogP contribution in [0.25, 0.3) is 22.3 Å². The van der Waals surface area contributed by atoms with Crippen LogP contribution < -0.4 is 11.5 Å². The summed E-state index contributed by atoms with van der Waals surface area (Å²) in [6.07, 6.45) is -4.94. The number of ether oxygens (including phenoxy) is 2. The van der Waals surface area contributed by atoms with Crippen molar-refractivity contribution in [3.8, 4) is 0 Å². The minimum atomic E-state index is -4.11. The molecule has 7 rings (SSSR count). The number of nitrogens with zero attached hydrogens (tertiary/aromatic N) is 8. The van der Waals surface area contributed by atoms with Gasteiger partial charge in [-0.3, -0.25) is 13.7 Å². The first-order valence-electron chi connectivity index (χ1n) is 12.6. The fraction of sp³-hybridized carbons (Fsp3) is 0.500. The van der Waals surface area contributed by atoms with Crippen molar-refractivity contribution < 1.29 is 47.2 Å². The Labute approximate surface area is 246 Å². The molecule has 3 aliphatic rings. The first kappa shape index (κ1) is 28.8. The highest BCUT2D eigenvalue weighted by Crippen LogP contribution is 2.51. The Morgan fingerprint density at radius 2 is 1.47 bits per heavy atom. The summed E-state index contributed by atoms with van der Waals surface area (Å²) < 4.78 is 50.1. The van der Waals surface area contributed by atoms with Crippen molar-refractivity contribution in [2.75, 3.05) is 24.7 Å². The Bertz CT molecular complexity index is 1760. The van der Waals surface area contributed by atoms with Gasteiger partial charge in [0, 0.05) is 4.57 Å². The Kier molecular flexibility index (Phi) is 7.32. The topological polar surface area (TPSA) is 272 Å². The molecule has 0 radical (unpaired) electrons. The van der Waals surface area contributed by atoms with Gasteiger partial charge in [-0.05, 0) is 11.8 Å². The molecule has 3 aliphatic heterocycles. The highest BCUT2D eigenvalue weighted by atomic mass is 32.5. The van der Waals surface area contributed by atoms with Gasteiger partial charge in [0.2, 0.25) is 0 Å². The summed E-state index contributed by atoms with van der Waals surface area (Å²) in [7, 11) is -2.92. The zero-order valence-electron chi connectivity index (χ0n) is 21.6. The van der Waals surface area contributed by atoms with Crippen molar-refractivity contribution >= 4 is 60.7 Å². The van der Waals surface area contributed by atoms with Gasteiger partial charge in [0.05, 0.1) is 19.3 Å². The molecule has 0 amide bonds. The van der Waals surface area contributed by atoms with Crippen molar-refractivity contribution in [2.45, 2.75) is 49.1 Å². The maximum atomic E-state index is 13.0. The predicted molar refractivity (Wildman–Crippen MR) is 145 cm³/mol. The van der Waals surface area contributed by atoms with Crippen LogP contribution in [-0.4, -0.2) is 104 Å². The zero-order valence-corrected chi connectivity index (χ0v) is 24.2. The van der Waals surface area contributed by atoms with Gasteiger partial charge in [0.15, 0.2) is 41.5 Å². The molecule has 20 nitrogen and oxygen atoms in total. The average Bonchev–Trinajstić information content (AvgIpc) is 3.73. The van der Waals surface area contributed by atoms with E-state index < -0.39 is 77.3 Å². The van der Waals surface area contributed by atoms with Crippen molar-refractivity contribution in [3.05, 3.63) is 25.3 Å². The SMILES string of the molecule is Nc1ncnc2c1ncn2[C@@H]1O[C@@H]2CO[P+](=O)O[C@@H]3[C@H](O)[C@@H](COP(O)(=S)O[C@H]2[C@H]1O)O[C@H]3n1cnc2c(N)ncnc21. The number of nitrogen functional groups attached to an aromatic ring is 2. The summed E-state index contributed by atoms with van der Waals surface area (Å²) in [6.45, 7) is -5.03. The van der Waals surface area contributed by atoms with Crippen LogP contribution in [0, 0.1) is 0 Å². The number of hydrogen-bond acceptors (Lipinski definition) is 18. The third-order valence-corrected chi connectivity index (χ3v) is 9.49. The number of fused-ring (bicyclic) bond motifs is 5. The van der Waals surface area contributed by atoms with Crippen molar-refractivity contribution in [2.24, 2.45) is 0 Å². The highest BCUT2D eigenvalue weighted by Gasteiger charge is 2.54. The molecular weight excluding hydrogens is 634 g/mol. The molecule has 228 valence electrons. The van der Waals surface area contributed by atoms with Gasteiger partial charge < -0.3 is 40.6 Å². The van der Waals surface area contributed by atoms with E-state index in [2.05, 4.69) is 29.9 Å². The molecule has 0 aromatic carbocycles. The van der Waals surface area contributed by atoms with E-state index in [0.717, 1.165) is 0 Å². The number of aromatic nitrogens is 8. The van der Waals surface area contributed by atoms with E-state index in [-0.39, 0.29) is 34.0 Å². The fourth-order valence-corrected chi connectivity index (χ4v) is 7.34. The van der Waals surface area contributed by atoms with E-state index in [9.17, 15) is 19.7 Å². The molecular formula is C20H23N10O10P2S+. The summed E-state index contributed by atoms with van der Waals surface area (Å²) in [5.41, 5.74) is 12.8. The largest absolute Gasteiger partial charge is 0.698 e. The lowest BCUT2D eigenvalue weighted by atomic mass is 10.1. The predicted octanol–water partition coefficient (Wildman–Crippen LogP) is -0.961. The minimum Gasteiger partial charge on any atom is -0.387 e. The summed E-state index contributed by atoms with van der Waals surface area (Å²) in [5, 5.41) is 22.3. The van der Waals surface area contributed by atoms with E-state index in [4.69, 9.17) is 50.8 Å². The molecule has 2 unspecified atom stereocenters. The lowest BCUT2D eigenvalue weighted by Crippen LogP contribution is -2.36. The number of nitrogens with two attached hydrogens (primary N) is 2. The molecule has 4 aromatic rings. The molecule has 0 spiro atoms. The number of aliphatic hydroxyl groups excluding tert-OH is 2. The van der Waals surface area contributed by atoms with Crippen LogP contribution in [-0.2, 0) is 43.9 Å². The zero-order chi connectivity index (χ0) is 30.0. The standard InChI is InChI=1S/C20H22N10O10P2S/c21-15-9-17(25-3-23-15)29(5-27-9)19-12(32)13-8(38-19)1-35-41(33)39-14-11(31)7(2-36-42(34,43)40-13)37-20(14)30-6-28-10-16(22)24-4-26-18(10)30/h3-8,11-14,19-20,31-32H,1-2H2,(H4-,21,22,23,24,25,26,34,43)/p+1/t7-,8-,11-,12-,13-,14-,19-,20-,42?/m1/s1. The third-order valence-electron chi connectivity index (χ3n) is 7.15. The second-order valence-electron chi connectivity index (χ2n) is 9.70. The summed E-state index contributed by atoms with van der Waals surface area (Å²) in [5.74, 6) is 0.226. The maximum Gasteiger partial charge on any atom is 0.698 e. The fourth-order valence-electron chi connectivity index (χ4n) is 5.14. The van der Waals surface area contributed by atoms with Crippen molar-refractivity contribution in [1.82, 2.24) is 39.0 Å². The number of anilines is 2. The molecule has 3 saturated heterocycles. The van der Waals surface area contributed by atoms with Crippen molar-refractivity contribution in [3.63, 3.8) is 0 Å². The van der Waals surface area contributed by atoms with Gasteiger partial charge in [-0.25, -0.2) is 29.9 Å². The smallest absolute Gasteiger partial charge is 0.387 e. The summed E-state index contributed by atoms with van der Waals surface area (Å²) >= 11 is 5.22. The first-order chi connectivity index (χ1) is 20.6. The van der Waals surface area contributed by atoms with Crippen LogP contribution >= 0.6 is 15.0 Å². The number of aliphatic hydroxyl groups is 2. The van der Waals surface area contributed by atoms with E-state index in [1.807, 2.05) is 0 Å². The number of hydrogen-bond donors (Lipinski definition) is 5. The average molecular weight is 657 g/mol. The Morgan fingerprint density at radius 3 is 2.12 bits per heavy atom. The van der Waals surface area contributed by atoms with E-state index in [0.29, 0.717) is 0 Å². The molecule has 2 bridgehead atoms. The lowest BCUT2D eigenvalue weighted by Gasteiger charge is -2.25. The van der Waals surface area contributed by atoms with Crippen LogP contribution in [0.5, 0.6) is 0 Å². The van der Waals surface area contributed by atoms with E-state index in [1.54, 1.807) is 0 Å². The van der Waals surface area contributed by atoms with Crippen LogP contribution in [0.3, 0.4) is 0 Å². The molecule has 10 atom stereocenters. The molecule has 23 heteroatoms. The van der Waals surface area contributed by atoms with Gasteiger partial charge in [0.25, 0.3) is 0 Å². The minimum absolute atomic E-state index is 0.112. The summed E-state index contributed by atoms with van der Waals surface area (Å²) in [6, 6.07) is 0. The lowest BCUT2D eigenvalue weighted by molar-refractivity contribution is -0.0583. The first-order valence-corrected chi connectivity index (χ1v) is 16.3. The molecule has 3 fully saturated rings. The van der Waals surface area contributed by atoms with E-state index >= 15 is 0 Å². The maximum absolute atomic E-state index is 13.0. The quantitative estimate of drug-likeness (QED) is 0.162. The molecule has 0 aliphatic carbocycles. The van der Waals surface area contributed by atoms with Gasteiger partial charge in [0.1, 0.15) is 60.8 Å². The Morgan fingerprint density at radius 1 is 0.860 bits per heavy atom. The van der Waals surface area contributed by atoms with Gasteiger partial charge >= 0.3 is 15.0 Å². The highest BCUT2D eigenvalue weighted by molar-refractivity contribution is 8.07. The van der Waals surface area contributed by atoms with Crippen LogP contribution in [0.1, 0.15) is 12.5 Å². The molecule has 7 heterocycles. The van der Waals surface area contributed by atoms with E-state index in [1.165, 1.54) is 34.4 Å². The van der Waals surface area contributed by atoms with Crippen LogP contribution in [0.4, 0.5) is 11.6 Å². The van der Waals surface area contributed by atoms with Gasteiger partial charge in [-0.1, -0.05) is 0 Å². The normalized spacial score (nSPS) is 36.3. The Balaban J connectivity index is 1.18. The third kappa shape index (κ3) is 5.06. The van der Waals surface area contributed by atoms with Crippen LogP contribution in [0.15, 0.2) is 25.3 Å². The van der Waals surface area contributed by atoms with Gasteiger partial charge in [-0.15, -0.1) is 9.05 Å². The molecule has 4 aromatic heterocycles. The molecule has 7 N–H and O–H groups in total. The monoisotopic (exact) mass is 657 g/mol. The molecule has 43 heavy (non-hydrogen) atoms. The van der Waals surface area contributed by atoms with Crippen molar-refractivity contribution in [1.29, 1.82) is 0 Å². The second kappa shape index (κ2) is 10.9. The van der Waals surface area contributed by atoms with Gasteiger partial charge in [-0.2, -0.15) is 0 Å². The number of imidazole rings is 2. The summed E-state index contributed by atoms with van der Waals surface area (Å²) in [4.78, 5) is 35.4. The number of rotatable bonds is 2. The second-order valence-corrected chi connectivity index (χ2v) is 13.4. The van der Waals surface area contributed by atoms with Crippen LogP contribution in [0.2, 0.25) is 0 Å². The molecule has 0 saturated carbocycles.